The zero-order valence-electron chi connectivity index (χ0n) is 12.9. The van der Waals surface area contributed by atoms with Gasteiger partial charge in [0.05, 0.1) is 26.2 Å². The van der Waals surface area contributed by atoms with Gasteiger partial charge in [0.15, 0.2) is 0 Å². The molecule has 0 amide bonds. The smallest absolute Gasteiger partial charge is 0.0925 e. The van der Waals surface area contributed by atoms with Crippen LogP contribution in [-0.4, -0.2) is 46.8 Å². The van der Waals surface area contributed by atoms with Crippen LogP contribution >= 0.6 is 0 Å². The van der Waals surface area contributed by atoms with Gasteiger partial charge >= 0.3 is 0 Å². The molecule has 17 heavy (non-hydrogen) atoms. The largest absolute Gasteiger partial charge is 0.324 e. The van der Waals surface area contributed by atoms with Crippen molar-refractivity contribution in [2.24, 2.45) is 0 Å². The SMILES string of the molecule is CC(C)[N+](C)(C)C1CC(C)(C)N([O])C(C)(C)C1. The lowest BCUT2D eigenvalue weighted by molar-refractivity contribution is -0.938. The number of quaternary nitrogens is 1. The molecule has 0 atom stereocenters. The highest BCUT2D eigenvalue weighted by molar-refractivity contribution is 4.96. The van der Waals surface area contributed by atoms with Crippen LogP contribution < -0.4 is 0 Å². The molecule has 1 radical (unpaired) electrons. The fourth-order valence-electron chi connectivity index (χ4n) is 3.10. The Morgan fingerprint density at radius 3 is 1.71 bits per heavy atom. The lowest BCUT2D eigenvalue weighted by Crippen LogP contribution is -2.66. The minimum absolute atomic E-state index is 0.253. The van der Waals surface area contributed by atoms with Crippen molar-refractivity contribution < 1.29 is 9.69 Å². The topological polar surface area (TPSA) is 23.1 Å². The van der Waals surface area contributed by atoms with Gasteiger partial charge in [-0.05, 0) is 41.5 Å². The monoisotopic (exact) mass is 242 g/mol. The van der Waals surface area contributed by atoms with Crippen molar-refractivity contribution in [1.29, 1.82) is 0 Å². The Kier molecular flexibility index (Phi) is 3.70. The molecule has 1 heterocycles. The summed E-state index contributed by atoms with van der Waals surface area (Å²) in [6.45, 7) is 12.8. The zero-order chi connectivity index (χ0) is 13.6. The van der Waals surface area contributed by atoms with Crippen LogP contribution in [0.25, 0.3) is 0 Å². The van der Waals surface area contributed by atoms with Crippen molar-refractivity contribution >= 4 is 0 Å². The van der Waals surface area contributed by atoms with E-state index >= 15 is 0 Å². The van der Waals surface area contributed by atoms with Crippen LogP contribution in [0.15, 0.2) is 0 Å². The lowest BCUT2D eigenvalue weighted by atomic mass is 9.77. The lowest BCUT2D eigenvalue weighted by Gasteiger charge is -2.54. The Balaban J connectivity index is 3.00. The molecule has 0 aromatic rings. The second-order valence-electron chi connectivity index (χ2n) is 7.70. The normalized spacial score (nSPS) is 26.5. The molecular formula is C14H30N2O+. The average Bonchev–Trinajstić information content (AvgIpc) is 2.12. The average molecular weight is 242 g/mol. The number of nitrogens with zero attached hydrogens (tertiary/aromatic N) is 2. The summed E-state index contributed by atoms with van der Waals surface area (Å²) >= 11 is 0. The van der Waals surface area contributed by atoms with E-state index in [2.05, 4.69) is 55.6 Å². The van der Waals surface area contributed by atoms with Crippen LogP contribution in [0.3, 0.4) is 0 Å². The van der Waals surface area contributed by atoms with Gasteiger partial charge in [-0.2, -0.15) is 0 Å². The van der Waals surface area contributed by atoms with E-state index in [9.17, 15) is 5.21 Å². The van der Waals surface area contributed by atoms with E-state index in [1.54, 1.807) is 0 Å². The maximum atomic E-state index is 12.3. The molecule has 1 fully saturated rings. The third-order valence-corrected chi connectivity index (χ3v) is 4.84. The van der Waals surface area contributed by atoms with Crippen LogP contribution in [0.4, 0.5) is 0 Å². The predicted octanol–water partition coefficient (Wildman–Crippen LogP) is 2.84. The van der Waals surface area contributed by atoms with E-state index in [-0.39, 0.29) is 11.1 Å². The molecule has 0 spiro atoms. The fourth-order valence-corrected chi connectivity index (χ4v) is 3.10. The summed E-state index contributed by atoms with van der Waals surface area (Å²) in [5, 5.41) is 13.6. The van der Waals surface area contributed by atoms with Gasteiger partial charge in [-0.25, -0.2) is 0 Å². The highest BCUT2D eigenvalue weighted by Crippen LogP contribution is 2.40. The molecule has 101 valence electrons. The van der Waals surface area contributed by atoms with Crippen molar-refractivity contribution in [3.05, 3.63) is 0 Å². The van der Waals surface area contributed by atoms with E-state index in [1.165, 1.54) is 5.06 Å². The van der Waals surface area contributed by atoms with Crippen LogP contribution in [-0.2, 0) is 5.21 Å². The Morgan fingerprint density at radius 2 is 1.41 bits per heavy atom. The highest BCUT2D eigenvalue weighted by Gasteiger charge is 2.51. The number of hydrogen-bond acceptors (Lipinski definition) is 1. The molecule has 1 aliphatic rings. The maximum Gasteiger partial charge on any atom is 0.0925 e. The molecule has 0 N–H and O–H groups in total. The van der Waals surface area contributed by atoms with Gasteiger partial charge in [-0.1, -0.05) is 0 Å². The number of hydroxylamine groups is 2. The van der Waals surface area contributed by atoms with Crippen molar-refractivity contribution in [2.75, 3.05) is 14.1 Å². The van der Waals surface area contributed by atoms with E-state index in [0.717, 1.165) is 17.3 Å². The maximum absolute atomic E-state index is 12.3. The summed E-state index contributed by atoms with van der Waals surface area (Å²) in [4.78, 5) is 0. The zero-order valence-corrected chi connectivity index (χ0v) is 12.9. The van der Waals surface area contributed by atoms with Gasteiger partial charge in [-0.15, -0.1) is 10.3 Å². The van der Waals surface area contributed by atoms with Gasteiger partial charge in [0.2, 0.25) is 0 Å². The first kappa shape index (κ1) is 14.9. The standard InChI is InChI=1S/C14H30N2O/c1-11(2)16(7,8)12-9-13(3,4)15(17)14(5,6)10-12/h11-12H,9-10H2,1-8H3/q+1. The summed E-state index contributed by atoms with van der Waals surface area (Å²) in [7, 11) is 4.59. The van der Waals surface area contributed by atoms with E-state index in [4.69, 9.17) is 0 Å². The molecule has 0 saturated carbocycles. The summed E-state index contributed by atoms with van der Waals surface area (Å²) in [5.41, 5.74) is -0.506. The van der Waals surface area contributed by atoms with Gasteiger partial charge in [0.1, 0.15) is 0 Å². The second-order valence-corrected chi connectivity index (χ2v) is 7.70. The summed E-state index contributed by atoms with van der Waals surface area (Å²) in [6, 6.07) is 1.15. The number of hydrogen-bond donors (Lipinski definition) is 0. The molecule has 1 rings (SSSR count). The molecule has 0 aromatic carbocycles. The van der Waals surface area contributed by atoms with Gasteiger partial charge in [0.25, 0.3) is 0 Å². The third-order valence-electron chi connectivity index (χ3n) is 4.84. The fraction of sp³-hybridized carbons (Fsp3) is 1.00. The third kappa shape index (κ3) is 2.67. The first-order chi connectivity index (χ1) is 7.41. The summed E-state index contributed by atoms with van der Waals surface area (Å²) in [5.74, 6) is 0. The molecular weight excluding hydrogens is 212 g/mol. The Hall–Kier alpha value is -0.120. The van der Waals surface area contributed by atoms with E-state index in [0.29, 0.717) is 12.1 Å². The Morgan fingerprint density at radius 1 is 1.06 bits per heavy atom. The summed E-state index contributed by atoms with van der Waals surface area (Å²) in [6.07, 6.45) is 1.95. The quantitative estimate of drug-likeness (QED) is 0.683. The molecule has 3 nitrogen and oxygen atoms in total. The number of rotatable bonds is 2. The minimum atomic E-state index is -0.253. The van der Waals surface area contributed by atoms with E-state index < -0.39 is 0 Å². The van der Waals surface area contributed by atoms with Crippen LogP contribution in [0.1, 0.15) is 54.4 Å². The van der Waals surface area contributed by atoms with Gasteiger partial charge in [0, 0.05) is 23.9 Å². The molecule has 0 aliphatic carbocycles. The first-order valence-corrected chi connectivity index (χ1v) is 6.72. The van der Waals surface area contributed by atoms with Gasteiger partial charge in [-0.3, -0.25) is 0 Å². The number of piperidine rings is 1. The van der Waals surface area contributed by atoms with Crippen LogP contribution in [0.2, 0.25) is 0 Å². The van der Waals surface area contributed by atoms with Crippen LogP contribution in [0, 0.1) is 0 Å². The van der Waals surface area contributed by atoms with Crippen molar-refractivity contribution in [2.45, 2.75) is 77.5 Å². The molecule has 1 saturated heterocycles. The molecule has 0 aromatic heterocycles. The predicted molar refractivity (Wildman–Crippen MR) is 70.9 cm³/mol. The second kappa shape index (κ2) is 4.22. The van der Waals surface area contributed by atoms with Crippen molar-refractivity contribution in [3.63, 3.8) is 0 Å². The molecule has 3 heteroatoms. The van der Waals surface area contributed by atoms with Crippen molar-refractivity contribution in [3.8, 4) is 0 Å². The minimum Gasteiger partial charge on any atom is -0.324 e. The molecule has 0 unspecified atom stereocenters. The first-order valence-electron chi connectivity index (χ1n) is 6.72. The Labute approximate surface area is 107 Å². The van der Waals surface area contributed by atoms with Gasteiger partial charge < -0.3 is 4.48 Å². The van der Waals surface area contributed by atoms with Crippen molar-refractivity contribution in [1.82, 2.24) is 5.06 Å². The molecule has 1 aliphatic heterocycles. The Bertz CT molecular complexity index is 264. The molecule has 0 bridgehead atoms. The van der Waals surface area contributed by atoms with E-state index in [1.807, 2.05) is 0 Å². The highest BCUT2D eigenvalue weighted by atomic mass is 16.5. The summed E-state index contributed by atoms with van der Waals surface area (Å²) < 4.78 is 1.00. The van der Waals surface area contributed by atoms with Crippen LogP contribution in [0.5, 0.6) is 0 Å².